The Labute approximate surface area is 158 Å². The lowest BCUT2D eigenvalue weighted by Gasteiger charge is -2.09. The molecule has 140 valence electrons. The topological polar surface area (TPSA) is 125 Å². The van der Waals surface area contributed by atoms with Crippen LogP contribution in [0, 0.1) is 24.0 Å². The molecule has 27 heavy (non-hydrogen) atoms. The second-order valence-corrected chi connectivity index (χ2v) is 6.57. The summed E-state index contributed by atoms with van der Waals surface area (Å²) in [5.41, 5.74) is 1.97. The number of benzene rings is 1. The molecule has 1 amide bonds. The van der Waals surface area contributed by atoms with Crippen LogP contribution in [0.1, 0.15) is 11.4 Å². The number of ether oxygens (including phenoxy) is 1. The van der Waals surface area contributed by atoms with Crippen molar-refractivity contribution < 1.29 is 14.5 Å². The second-order valence-electron chi connectivity index (χ2n) is 5.62. The standard InChI is InChI=1S/C16H16N6O4S/c1-9-6-10(2)21-15(17-9)19-16(20-21)27-8-14(23)18-12-5-4-11(22(24)25)7-13(12)26-3/h4-7H,8H2,1-3H3,(H,18,23). The van der Waals surface area contributed by atoms with Crippen LogP contribution in [-0.4, -0.2) is 43.3 Å². The number of nitro groups is 1. The van der Waals surface area contributed by atoms with E-state index in [9.17, 15) is 14.9 Å². The molecule has 3 rings (SSSR count). The lowest BCUT2D eigenvalue weighted by atomic mass is 10.2. The highest BCUT2D eigenvalue weighted by Crippen LogP contribution is 2.29. The van der Waals surface area contributed by atoms with E-state index in [1.54, 1.807) is 4.52 Å². The van der Waals surface area contributed by atoms with Gasteiger partial charge in [-0.15, -0.1) is 5.10 Å². The fraction of sp³-hybridized carbons (Fsp3) is 0.250. The van der Waals surface area contributed by atoms with E-state index in [-0.39, 0.29) is 23.1 Å². The van der Waals surface area contributed by atoms with Crippen LogP contribution in [0.3, 0.4) is 0 Å². The van der Waals surface area contributed by atoms with Crippen molar-refractivity contribution >= 4 is 34.8 Å². The first-order valence-corrected chi connectivity index (χ1v) is 8.82. The molecule has 0 aliphatic heterocycles. The van der Waals surface area contributed by atoms with Crippen LogP contribution in [0.15, 0.2) is 29.4 Å². The molecule has 0 atom stereocenters. The van der Waals surface area contributed by atoms with Gasteiger partial charge >= 0.3 is 0 Å². The van der Waals surface area contributed by atoms with Gasteiger partial charge in [-0.25, -0.2) is 9.50 Å². The minimum Gasteiger partial charge on any atom is -0.494 e. The molecule has 2 heterocycles. The molecule has 1 N–H and O–H groups in total. The van der Waals surface area contributed by atoms with Gasteiger partial charge in [0.2, 0.25) is 11.1 Å². The smallest absolute Gasteiger partial charge is 0.273 e. The van der Waals surface area contributed by atoms with Crippen molar-refractivity contribution in [2.75, 3.05) is 18.2 Å². The number of aryl methyl sites for hydroxylation is 2. The molecule has 0 aliphatic rings. The van der Waals surface area contributed by atoms with Gasteiger partial charge < -0.3 is 10.1 Å². The number of methoxy groups -OCH3 is 1. The van der Waals surface area contributed by atoms with Crippen LogP contribution in [0.4, 0.5) is 11.4 Å². The van der Waals surface area contributed by atoms with E-state index >= 15 is 0 Å². The van der Waals surface area contributed by atoms with Crippen molar-refractivity contribution in [1.82, 2.24) is 19.6 Å². The zero-order chi connectivity index (χ0) is 19.6. The molecule has 10 nitrogen and oxygen atoms in total. The van der Waals surface area contributed by atoms with Crippen molar-refractivity contribution in [2.24, 2.45) is 0 Å². The number of nitrogens with zero attached hydrogens (tertiary/aromatic N) is 5. The molecular weight excluding hydrogens is 372 g/mol. The molecule has 0 aliphatic carbocycles. The van der Waals surface area contributed by atoms with Gasteiger partial charge in [-0.3, -0.25) is 14.9 Å². The Bertz CT molecular complexity index is 1040. The van der Waals surface area contributed by atoms with E-state index in [4.69, 9.17) is 4.74 Å². The van der Waals surface area contributed by atoms with Crippen molar-refractivity contribution in [3.8, 4) is 5.75 Å². The lowest BCUT2D eigenvalue weighted by molar-refractivity contribution is -0.384. The molecule has 0 bridgehead atoms. The Morgan fingerprint density at radius 3 is 2.81 bits per heavy atom. The number of nitro benzene ring substituents is 1. The fourth-order valence-corrected chi connectivity index (χ4v) is 3.04. The Balaban J connectivity index is 1.68. The summed E-state index contributed by atoms with van der Waals surface area (Å²) in [6.45, 7) is 3.78. The maximum atomic E-state index is 12.2. The van der Waals surface area contributed by atoms with E-state index in [0.717, 1.165) is 11.4 Å². The summed E-state index contributed by atoms with van der Waals surface area (Å²) in [5.74, 6) is 0.442. The number of carbonyl (C=O) groups is 1. The Morgan fingerprint density at radius 2 is 2.11 bits per heavy atom. The summed E-state index contributed by atoms with van der Waals surface area (Å²) in [7, 11) is 1.38. The minimum atomic E-state index is -0.531. The number of nitrogens with one attached hydrogen (secondary N) is 1. The molecular formula is C16H16N6O4S. The first-order chi connectivity index (χ1) is 12.9. The van der Waals surface area contributed by atoms with E-state index in [2.05, 4.69) is 20.4 Å². The number of thioether (sulfide) groups is 1. The summed E-state index contributed by atoms with van der Waals surface area (Å²) >= 11 is 1.17. The van der Waals surface area contributed by atoms with Crippen LogP contribution in [0.2, 0.25) is 0 Å². The van der Waals surface area contributed by atoms with E-state index in [1.807, 2.05) is 19.9 Å². The molecule has 0 radical (unpaired) electrons. The number of anilines is 1. The quantitative estimate of drug-likeness (QED) is 0.388. The first-order valence-electron chi connectivity index (χ1n) is 7.83. The number of fused-ring (bicyclic) bond motifs is 1. The minimum absolute atomic E-state index is 0.0645. The van der Waals surface area contributed by atoms with Crippen LogP contribution >= 0.6 is 11.8 Å². The first kappa shape index (κ1) is 18.6. The number of rotatable bonds is 6. The van der Waals surface area contributed by atoms with Crippen LogP contribution in [0.25, 0.3) is 5.78 Å². The summed E-state index contributed by atoms with van der Waals surface area (Å²) in [4.78, 5) is 31.1. The van der Waals surface area contributed by atoms with E-state index in [1.165, 1.54) is 37.1 Å². The Hall–Kier alpha value is -3.21. The molecule has 0 saturated carbocycles. The zero-order valence-electron chi connectivity index (χ0n) is 14.8. The van der Waals surface area contributed by atoms with E-state index < -0.39 is 4.92 Å². The number of hydrogen-bond acceptors (Lipinski definition) is 8. The normalized spacial score (nSPS) is 10.8. The van der Waals surface area contributed by atoms with Crippen molar-refractivity contribution in [3.63, 3.8) is 0 Å². The lowest BCUT2D eigenvalue weighted by Crippen LogP contribution is -2.15. The third kappa shape index (κ3) is 4.14. The monoisotopic (exact) mass is 388 g/mol. The molecule has 0 fully saturated rings. The number of hydrogen-bond donors (Lipinski definition) is 1. The van der Waals surface area contributed by atoms with Crippen molar-refractivity contribution in [1.29, 1.82) is 0 Å². The van der Waals surface area contributed by atoms with Crippen LogP contribution in [-0.2, 0) is 4.79 Å². The Morgan fingerprint density at radius 1 is 1.33 bits per heavy atom. The number of carbonyl (C=O) groups excluding carboxylic acids is 1. The van der Waals surface area contributed by atoms with Gasteiger partial charge in [0, 0.05) is 17.5 Å². The molecule has 2 aromatic heterocycles. The molecule has 1 aromatic carbocycles. The van der Waals surface area contributed by atoms with Crippen LogP contribution in [0.5, 0.6) is 5.75 Å². The molecule has 0 spiro atoms. The second kappa shape index (κ2) is 7.58. The average molecular weight is 388 g/mol. The average Bonchev–Trinajstić information content (AvgIpc) is 3.03. The highest BCUT2D eigenvalue weighted by molar-refractivity contribution is 7.99. The van der Waals surface area contributed by atoms with Gasteiger partial charge in [0.05, 0.1) is 29.5 Å². The highest BCUT2D eigenvalue weighted by Gasteiger charge is 2.15. The Kier molecular flexibility index (Phi) is 5.21. The highest BCUT2D eigenvalue weighted by atomic mass is 32.2. The van der Waals surface area contributed by atoms with Crippen molar-refractivity contribution in [3.05, 3.63) is 45.8 Å². The van der Waals surface area contributed by atoms with Gasteiger partial charge in [-0.2, -0.15) is 4.98 Å². The van der Waals surface area contributed by atoms with Gasteiger partial charge in [0.15, 0.2) is 0 Å². The SMILES string of the molecule is COc1cc([N+](=O)[O-])ccc1NC(=O)CSc1nc2nc(C)cc(C)n2n1. The predicted molar refractivity (Wildman–Crippen MR) is 99.3 cm³/mol. The summed E-state index contributed by atoms with van der Waals surface area (Å²) in [6, 6.07) is 5.87. The van der Waals surface area contributed by atoms with Crippen molar-refractivity contribution in [2.45, 2.75) is 19.0 Å². The summed E-state index contributed by atoms with van der Waals surface area (Å²) < 4.78 is 6.72. The van der Waals surface area contributed by atoms with Gasteiger partial charge in [-0.05, 0) is 26.0 Å². The number of amides is 1. The van der Waals surface area contributed by atoms with Gasteiger partial charge in [0.25, 0.3) is 11.5 Å². The summed E-state index contributed by atoms with van der Waals surface area (Å²) in [5, 5.41) is 18.2. The number of aromatic nitrogens is 4. The molecule has 3 aromatic rings. The third-order valence-electron chi connectivity index (χ3n) is 3.60. The zero-order valence-corrected chi connectivity index (χ0v) is 15.6. The third-order valence-corrected chi connectivity index (χ3v) is 4.44. The van der Waals surface area contributed by atoms with Gasteiger partial charge in [-0.1, -0.05) is 11.8 Å². The maximum absolute atomic E-state index is 12.2. The molecule has 0 saturated heterocycles. The largest absolute Gasteiger partial charge is 0.494 e. The van der Waals surface area contributed by atoms with Gasteiger partial charge in [0.1, 0.15) is 5.75 Å². The maximum Gasteiger partial charge on any atom is 0.273 e. The fourth-order valence-electron chi connectivity index (χ4n) is 2.42. The van der Waals surface area contributed by atoms with E-state index in [0.29, 0.717) is 16.6 Å². The van der Waals surface area contributed by atoms with Crippen LogP contribution < -0.4 is 10.1 Å². The molecule has 0 unspecified atom stereocenters. The number of non-ortho nitro benzene ring substituents is 1. The predicted octanol–water partition coefficient (Wildman–Crippen LogP) is 2.39. The molecule has 11 heteroatoms. The summed E-state index contributed by atoms with van der Waals surface area (Å²) in [6.07, 6.45) is 0.